The van der Waals surface area contributed by atoms with Crippen LogP contribution in [0.3, 0.4) is 0 Å². The van der Waals surface area contributed by atoms with E-state index in [1.807, 2.05) is 6.08 Å². The standard InChI is InChI=1S/C58H96O6/c1-4-7-10-13-16-19-22-25-27-28-29-30-32-34-37-39-42-45-48-51-57(60)63-54-55(64-58(61)52-49-46-43-40-35-24-21-18-15-12-9-6-3)53-62-56(59)50-47-44-41-38-36-33-31-26-23-20-17-14-11-8-5-2/h8,11,16-17,19-20,25-27,29-31,34,37,42,45,55H,4-7,9-10,12-15,18,21-24,28,32-33,35-36,38-41,43-44,46-54H2,1-3H3/b11-8-,19-16-,20-17-,27-25-,30-29-,31-26-,37-34-,45-42-/t55-/m1/s1. The molecule has 364 valence electrons. The van der Waals surface area contributed by atoms with E-state index in [1.165, 1.54) is 83.5 Å². The minimum Gasteiger partial charge on any atom is -0.462 e. The second-order valence-corrected chi connectivity index (χ2v) is 17.1. The number of carbonyl (C=O) groups is 3. The van der Waals surface area contributed by atoms with E-state index in [0.29, 0.717) is 19.3 Å². The number of hydrogen-bond donors (Lipinski definition) is 0. The Morgan fingerprint density at radius 2 is 0.641 bits per heavy atom. The van der Waals surface area contributed by atoms with E-state index in [1.54, 1.807) is 0 Å². The van der Waals surface area contributed by atoms with Crippen molar-refractivity contribution in [1.82, 2.24) is 0 Å². The molecule has 0 spiro atoms. The molecule has 0 N–H and O–H groups in total. The van der Waals surface area contributed by atoms with Crippen LogP contribution in [-0.4, -0.2) is 37.2 Å². The lowest BCUT2D eigenvalue weighted by molar-refractivity contribution is -0.166. The summed E-state index contributed by atoms with van der Waals surface area (Å²) < 4.78 is 16.7. The second-order valence-electron chi connectivity index (χ2n) is 17.1. The molecule has 0 saturated heterocycles. The van der Waals surface area contributed by atoms with Crippen molar-refractivity contribution in [3.63, 3.8) is 0 Å². The fourth-order valence-electron chi connectivity index (χ4n) is 6.91. The SMILES string of the molecule is CC/C=C\C/C=C\C/C=C\CCCCCCCC(=O)OC[C@H](COC(=O)CC/C=C\C/C=C\C/C=C\C/C=C\C/C=C\CCCCC)OC(=O)CCCCCCCCCCCCCC. The summed E-state index contributed by atoms with van der Waals surface area (Å²) in [5.74, 6) is -1.01. The van der Waals surface area contributed by atoms with Crippen LogP contribution in [0.1, 0.15) is 233 Å². The van der Waals surface area contributed by atoms with Gasteiger partial charge in [-0.25, -0.2) is 0 Å². The van der Waals surface area contributed by atoms with Crippen molar-refractivity contribution in [3.05, 3.63) is 97.2 Å². The topological polar surface area (TPSA) is 78.9 Å². The smallest absolute Gasteiger partial charge is 0.306 e. The Morgan fingerprint density at radius 3 is 1.08 bits per heavy atom. The summed E-state index contributed by atoms with van der Waals surface area (Å²) in [4.78, 5) is 37.9. The van der Waals surface area contributed by atoms with Crippen molar-refractivity contribution in [3.8, 4) is 0 Å². The molecule has 6 nitrogen and oxygen atoms in total. The summed E-state index contributed by atoms with van der Waals surface area (Å²) in [7, 11) is 0. The molecule has 6 heteroatoms. The highest BCUT2D eigenvalue weighted by atomic mass is 16.6. The van der Waals surface area contributed by atoms with Crippen LogP contribution < -0.4 is 0 Å². The summed E-state index contributed by atoms with van der Waals surface area (Å²) in [5, 5.41) is 0. The van der Waals surface area contributed by atoms with Crippen molar-refractivity contribution in [2.45, 2.75) is 239 Å². The third-order valence-corrected chi connectivity index (χ3v) is 10.8. The first-order valence-corrected chi connectivity index (χ1v) is 26.2. The zero-order chi connectivity index (χ0) is 46.5. The molecule has 0 unspecified atom stereocenters. The van der Waals surface area contributed by atoms with Crippen molar-refractivity contribution in [2.75, 3.05) is 13.2 Å². The van der Waals surface area contributed by atoms with Crippen LogP contribution in [0.25, 0.3) is 0 Å². The molecule has 0 fully saturated rings. The summed E-state index contributed by atoms with van der Waals surface area (Å²) >= 11 is 0. The Balaban J connectivity index is 4.51. The van der Waals surface area contributed by atoms with Crippen molar-refractivity contribution < 1.29 is 28.6 Å². The highest BCUT2D eigenvalue weighted by molar-refractivity contribution is 5.71. The average Bonchev–Trinajstić information content (AvgIpc) is 3.29. The van der Waals surface area contributed by atoms with Crippen molar-refractivity contribution in [1.29, 1.82) is 0 Å². The molecule has 1 atom stereocenters. The van der Waals surface area contributed by atoms with Crippen LogP contribution in [0.4, 0.5) is 0 Å². The van der Waals surface area contributed by atoms with E-state index in [9.17, 15) is 14.4 Å². The molecule has 0 saturated carbocycles. The van der Waals surface area contributed by atoms with Gasteiger partial charge in [0, 0.05) is 19.3 Å². The van der Waals surface area contributed by atoms with Crippen molar-refractivity contribution >= 4 is 17.9 Å². The fraction of sp³-hybridized carbons (Fsp3) is 0.672. The lowest BCUT2D eigenvalue weighted by atomic mass is 10.0. The van der Waals surface area contributed by atoms with Gasteiger partial charge in [0.2, 0.25) is 0 Å². The number of unbranched alkanes of at least 4 members (excludes halogenated alkanes) is 19. The van der Waals surface area contributed by atoms with Crippen LogP contribution in [0.2, 0.25) is 0 Å². The average molecular weight is 889 g/mol. The number of rotatable bonds is 46. The van der Waals surface area contributed by atoms with Crippen molar-refractivity contribution in [2.24, 2.45) is 0 Å². The molecule has 0 aliphatic rings. The number of hydrogen-bond acceptors (Lipinski definition) is 6. The first-order chi connectivity index (χ1) is 31.5. The monoisotopic (exact) mass is 889 g/mol. The molecule has 0 heterocycles. The third kappa shape index (κ3) is 49.3. The van der Waals surface area contributed by atoms with Crippen LogP contribution in [-0.2, 0) is 28.6 Å². The van der Waals surface area contributed by atoms with Crippen LogP contribution in [0, 0.1) is 0 Å². The molecule has 0 bridgehead atoms. The maximum absolute atomic E-state index is 12.8. The molecule has 0 aromatic rings. The van der Waals surface area contributed by atoms with E-state index in [0.717, 1.165) is 103 Å². The molecule has 0 rings (SSSR count). The molecule has 0 aliphatic carbocycles. The van der Waals surface area contributed by atoms with Gasteiger partial charge in [0.25, 0.3) is 0 Å². The first-order valence-electron chi connectivity index (χ1n) is 26.2. The molecule has 0 aliphatic heterocycles. The molecule has 0 amide bonds. The zero-order valence-electron chi connectivity index (χ0n) is 41.5. The van der Waals surface area contributed by atoms with E-state index >= 15 is 0 Å². The van der Waals surface area contributed by atoms with Gasteiger partial charge in [-0.05, 0) is 89.9 Å². The van der Waals surface area contributed by atoms with E-state index in [2.05, 4.69) is 112 Å². The highest BCUT2D eigenvalue weighted by Gasteiger charge is 2.19. The van der Waals surface area contributed by atoms with Crippen LogP contribution in [0.15, 0.2) is 97.2 Å². The summed E-state index contributed by atoms with van der Waals surface area (Å²) in [5.41, 5.74) is 0. The predicted molar refractivity (Wildman–Crippen MR) is 274 cm³/mol. The maximum Gasteiger partial charge on any atom is 0.306 e. The Bertz CT molecular complexity index is 1300. The Kier molecular flexibility index (Phi) is 49.0. The van der Waals surface area contributed by atoms with Gasteiger partial charge in [-0.3, -0.25) is 14.4 Å². The van der Waals surface area contributed by atoms with Gasteiger partial charge in [-0.1, -0.05) is 221 Å². The molecule has 0 radical (unpaired) electrons. The van der Waals surface area contributed by atoms with Gasteiger partial charge in [-0.15, -0.1) is 0 Å². The largest absolute Gasteiger partial charge is 0.462 e. The van der Waals surface area contributed by atoms with E-state index in [4.69, 9.17) is 14.2 Å². The van der Waals surface area contributed by atoms with Crippen LogP contribution in [0.5, 0.6) is 0 Å². The number of esters is 3. The molecule has 0 aromatic heterocycles. The molecular weight excluding hydrogens is 793 g/mol. The third-order valence-electron chi connectivity index (χ3n) is 10.8. The normalized spacial score (nSPS) is 12.9. The summed E-state index contributed by atoms with van der Waals surface area (Å²) in [6.45, 7) is 6.41. The van der Waals surface area contributed by atoms with E-state index < -0.39 is 6.10 Å². The Labute approximate surface area is 394 Å². The number of carbonyl (C=O) groups excluding carboxylic acids is 3. The number of allylic oxidation sites excluding steroid dienone is 16. The van der Waals surface area contributed by atoms with Crippen LogP contribution >= 0.6 is 0 Å². The van der Waals surface area contributed by atoms with Gasteiger partial charge in [0.15, 0.2) is 6.10 Å². The lowest BCUT2D eigenvalue weighted by Crippen LogP contribution is -2.30. The zero-order valence-corrected chi connectivity index (χ0v) is 41.5. The molecular formula is C58H96O6. The van der Waals surface area contributed by atoms with Gasteiger partial charge in [0.05, 0.1) is 0 Å². The van der Waals surface area contributed by atoms with E-state index in [-0.39, 0.29) is 37.5 Å². The quantitative estimate of drug-likeness (QED) is 0.0262. The van der Waals surface area contributed by atoms with Gasteiger partial charge >= 0.3 is 17.9 Å². The van der Waals surface area contributed by atoms with Gasteiger partial charge < -0.3 is 14.2 Å². The number of ether oxygens (including phenoxy) is 3. The minimum atomic E-state index is -0.813. The second kappa shape index (κ2) is 52.0. The minimum absolute atomic E-state index is 0.109. The summed E-state index contributed by atoms with van der Waals surface area (Å²) in [6, 6.07) is 0. The lowest BCUT2D eigenvalue weighted by Gasteiger charge is -2.18. The first kappa shape index (κ1) is 60.3. The Morgan fingerprint density at radius 1 is 0.328 bits per heavy atom. The highest BCUT2D eigenvalue weighted by Crippen LogP contribution is 2.14. The van der Waals surface area contributed by atoms with Gasteiger partial charge in [0.1, 0.15) is 13.2 Å². The Hall–Kier alpha value is -3.67. The van der Waals surface area contributed by atoms with Gasteiger partial charge in [-0.2, -0.15) is 0 Å². The maximum atomic E-state index is 12.8. The fourth-order valence-corrected chi connectivity index (χ4v) is 6.91. The molecule has 64 heavy (non-hydrogen) atoms. The predicted octanol–water partition coefficient (Wildman–Crippen LogP) is 17.4. The summed E-state index contributed by atoms with van der Waals surface area (Å²) in [6.07, 6.45) is 68.3. The molecule has 0 aromatic carbocycles.